The van der Waals surface area contributed by atoms with Crippen LogP contribution in [0.25, 0.3) is 17.2 Å². The van der Waals surface area contributed by atoms with Gasteiger partial charge in [-0.1, -0.05) is 108 Å². The highest BCUT2D eigenvalue weighted by Crippen LogP contribution is 2.36. The first kappa shape index (κ1) is 32.7. The van der Waals surface area contributed by atoms with Crippen LogP contribution in [0.1, 0.15) is 32.5 Å². The van der Waals surface area contributed by atoms with Gasteiger partial charge in [0, 0.05) is 22.2 Å². The van der Waals surface area contributed by atoms with Crippen molar-refractivity contribution in [2.75, 3.05) is 10.6 Å². The summed E-state index contributed by atoms with van der Waals surface area (Å²) in [6, 6.07) is 44.8. The summed E-state index contributed by atoms with van der Waals surface area (Å²) < 4.78 is 5.10. The Bertz CT molecular complexity index is 2060. The number of aromatic nitrogens is 1. The molecular weight excluding hydrogens is 633 g/mol. The summed E-state index contributed by atoms with van der Waals surface area (Å²) in [6.07, 6.45) is 1.65. The van der Waals surface area contributed by atoms with Crippen LogP contribution in [-0.2, 0) is 9.59 Å². The van der Waals surface area contributed by atoms with Crippen molar-refractivity contribution >= 4 is 47.1 Å². The van der Waals surface area contributed by atoms with Crippen LogP contribution >= 0.6 is 11.8 Å². The predicted molar refractivity (Wildman–Crippen MR) is 194 cm³/mol. The molecule has 3 N–H and O–H groups in total. The summed E-state index contributed by atoms with van der Waals surface area (Å²) in [7, 11) is 0. The summed E-state index contributed by atoms with van der Waals surface area (Å²) in [4.78, 5) is 40.9. The molecule has 242 valence electrons. The monoisotopic (exact) mass is 664 g/mol. The van der Waals surface area contributed by atoms with E-state index < -0.39 is 17.1 Å². The van der Waals surface area contributed by atoms with Crippen LogP contribution in [0.4, 0.5) is 11.5 Å². The van der Waals surface area contributed by atoms with Crippen molar-refractivity contribution in [2.24, 2.45) is 0 Å². The van der Waals surface area contributed by atoms with Gasteiger partial charge in [0.1, 0.15) is 16.7 Å². The van der Waals surface area contributed by atoms with Crippen LogP contribution in [0.15, 0.2) is 161 Å². The number of amides is 3. The molecule has 8 nitrogen and oxygen atoms in total. The number of anilines is 2. The second-order valence-electron chi connectivity index (χ2n) is 11.1. The van der Waals surface area contributed by atoms with E-state index in [1.165, 1.54) is 11.8 Å². The zero-order valence-corrected chi connectivity index (χ0v) is 27.3. The van der Waals surface area contributed by atoms with Crippen LogP contribution in [0.2, 0.25) is 0 Å². The molecule has 6 aromatic rings. The standard InChI is InChI=1S/C40H32N4O4S/c1-27-25-36(44-48-27)43-40(47)37(31-13-7-3-8-14-31)49-34-23-21-33(22-24-34)41-39(46)35(42-38(45)32-15-9-4-10-16-32)26-28-17-19-30(20-18-28)29-11-5-2-6-12-29/h2-26,37H,1H3,(H,41,46)(H,42,45)(H,43,44,47)/b35-26-. The lowest BCUT2D eigenvalue weighted by Crippen LogP contribution is -2.30. The smallest absolute Gasteiger partial charge is 0.272 e. The number of benzene rings is 5. The van der Waals surface area contributed by atoms with Crippen LogP contribution in [0.5, 0.6) is 0 Å². The fourth-order valence-corrected chi connectivity index (χ4v) is 6.01. The van der Waals surface area contributed by atoms with Gasteiger partial charge in [-0.3, -0.25) is 14.4 Å². The molecule has 0 saturated carbocycles. The Morgan fingerprint density at radius 2 is 1.33 bits per heavy atom. The van der Waals surface area contributed by atoms with Gasteiger partial charge in [0.2, 0.25) is 5.91 Å². The summed E-state index contributed by atoms with van der Waals surface area (Å²) in [5.41, 5.74) is 4.72. The molecule has 1 unspecified atom stereocenters. The minimum atomic E-state index is -0.574. The Morgan fingerprint density at radius 3 is 1.96 bits per heavy atom. The highest BCUT2D eigenvalue weighted by molar-refractivity contribution is 8.00. The lowest BCUT2D eigenvalue weighted by Gasteiger charge is -2.16. The van der Waals surface area contributed by atoms with E-state index in [0.29, 0.717) is 22.8 Å². The number of nitrogens with zero attached hydrogens (tertiary/aromatic N) is 1. The third kappa shape index (κ3) is 8.79. The lowest BCUT2D eigenvalue weighted by molar-refractivity contribution is -0.116. The van der Waals surface area contributed by atoms with E-state index in [0.717, 1.165) is 27.1 Å². The number of carbonyl (C=O) groups is 3. The normalized spacial score (nSPS) is 11.7. The molecule has 5 aromatic carbocycles. The average Bonchev–Trinajstić information content (AvgIpc) is 3.56. The Balaban J connectivity index is 1.19. The Kier molecular flexibility index (Phi) is 10.4. The number of carbonyl (C=O) groups excluding carboxylic acids is 3. The maximum Gasteiger partial charge on any atom is 0.272 e. The number of hydrogen-bond acceptors (Lipinski definition) is 6. The van der Waals surface area contributed by atoms with E-state index >= 15 is 0 Å². The minimum Gasteiger partial charge on any atom is -0.360 e. The average molecular weight is 665 g/mol. The van der Waals surface area contributed by atoms with Crippen LogP contribution in [0, 0.1) is 6.92 Å². The summed E-state index contributed by atoms with van der Waals surface area (Å²) in [5, 5.41) is 11.8. The fourth-order valence-electron chi connectivity index (χ4n) is 4.98. The van der Waals surface area contributed by atoms with Gasteiger partial charge in [-0.2, -0.15) is 0 Å². The number of hydrogen-bond donors (Lipinski definition) is 3. The largest absolute Gasteiger partial charge is 0.360 e. The molecule has 0 aliphatic heterocycles. The second kappa shape index (κ2) is 15.6. The molecule has 1 aromatic heterocycles. The van der Waals surface area contributed by atoms with E-state index in [9.17, 15) is 14.4 Å². The van der Waals surface area contributed by atoms with Crippen LogP contribution < -0.4 is 16.0 Å². The molecule has 0 aliphatic carbocycles. The zero-order valence-electron chi connectivity index (χ0n) is 26.5. The van der Waals surface area contributed by atoms with Crippen molar-refractivity contribution < 1.29 is 18.9 Å². The number of aryl methyl sites for hydroxylation is 1. The molecule has 9 heteroatoms. The van der Waals surface area contributed by atoms with E-state index in [1.807, 2.05) is 103 Å². The molecule has 0 spiro atoms. The molecule has 0 bridgehead atoms. The fraction of sp³-hybridized carbons (Fsp3) is 0.0500. The predicted octanol–water partition coefficient (Wildman–Crippen LogP) is 8.53. The Labute approximate surface area is 288 Å². The SMILES string of the molecule is Cc1cc(NC(=O)C(Sc2ccc(NC(=O)/C(=C/c3ccc(-c4ccccc4)cc3)NC(=O)c3ccccc3)cc2)c2ccccc2)no1. The van der Waals surface area contributed by atoms with Crippen molar-refractivity contribution in [3.05, 3.63) is 174 Å². The second-order valence-corrected chi connectivity index (χ2v) is 12.2. The van der Waals surface area contributed by atoms with Gasteiger partial charge in [-0.05, 0) is 71.7 Å². The Hall–Kier alpha value is -6.19. The van der Waals surface area contributed by atoms with Gasteiger partial charge in [0.05, 0.1) is 0 Å². The maximum atomic E-state index is 13.6. The van der Waals surface area contributed by atoms with Crippen molar-refractivity contribution in [3.63, 3.8) is 0 Å². The number of rotatable bonds is 11. The molecule has 1 atom stereocenters. The van der Waals surface area contributed by atoms with Gasteiger partial charge >= 0.3 is 0 Å². The molecule has 0 aliphatic rings. The van der Waals surface area contributed by atoms with E-state index in [2.05, 4.69) is 21.1 Å². The van der Waals surface area contributed by atoms with Crippen molar-refractivity contribution in [1.82, 2.24) is 10.5 Å². The molecule has 3 amide bonds. The lowest BCUT2D eigenvalue weighted by atomic mass is 10.0. The first-order valence-corrected chi connectivity index (χ1v) is 16.4. The van der Waals surface area contributed by atoms with Crippen molar-refractivity contribution in [3.8, 4) is 11.1 Å². The first-order valence-electron chi connectivity index (χ1n) is 15.5. The number of nitrogens with one attached hydrogen (secondary N) is 3. The summed E-state index contributed by atoms with van der Waals surface area (Å²) >= 11 is 1.37. The quantitative estimate of drug-likeness (QED) is 0.0945. The van der Waals surface area contributed by atoms with Crippen molar-refractivity contribution in [1.29, 1.82) is 0 Å². The molecule has 49 heavy (non-hydrogen) atoms. The zero-order chi connectivity index (χ0) is 34.0. The topological polar surface area (TPSA) is 113 Å². The first-order chi connectivity index (χ1) is 23.9. The molecule has 6 rings (SSSR count). The third-order valence-corrected chi connectivity index (χ3v) is 8.71. The number of thioether (sulfide) groups is 1. The van der Waals surface area contributed by atoms with Crippen LogP contribution in [0.3, 0.4) is 0 Å². The van der Waals surface area contributed by atoms with Gasteiger partial charge < -0.3 is 20.5 Å². The summed E-state index contributed by atoms with van der Waals surface area (Å²) in [6.45, 7) is 1.76. The highest BCUT2D eigenvalue weighted by Gasteiger charge is 2.23. The molecule has 0 fully saturated rings. The molecule has 0 saturated heterocycles. The maximum absolute atomic E-state index is 13.6. The molecule has 1 heterocycles. The van der Waals surface area contributed by atoms with Gasteiger partial charge in [-0.15, -0.1) is 11.8 Å². The highest BCUT2D eigenvalue weighted by atomic mass is 32.2. The van der Waals surface area contributed by atoms with E-state index in [1.54, 1.807) is 55.5 Å². The van der Waals surface area contributed by atoms with Gasteiger partial charge in [0.15, 0.2) is 5.82 Å². The third-order valence-electron chi connectivity index (χ3n) is 7.44. The Morgan fingerprint density at radius 1 is 0.714 bits per heavy atom. The van der Waals surface area contributed by atoms with E-state index in [-0.39, 0.29) is 11.6 Å². The van der Waals surface area contributed by atoms with Crippen LogP contribution in [-0.4, -0.2) is 22.9 Å². The van der Waals surface area contributed by atoms with Crippen molar-refractivity contribution in [2.45, 2.75) is 17.1 Å². The minimum absolute atomic E-state index is 0.0867. The van der Waals surface area contributed by atoms with Gasteiger partial charge in [-0.25, -0.2) is 0 Å². The summed E-state index contributed by atoms with van der Waals surface area (Å²) in [5.74, 6) is -0.197. The van der Waals surface area contributed by atoms with Gasteiger partial charge in [0.25, 0.3) is 11.8 Å². The van der Waals surface area contributed by atoms with E-state index in [4.69, 9.17) is 4.52 Å². The molecular formula is C40H32N4O4S. The molecule has 0 radical (unpaired) electrons.